The number of allylic oxidation sites excluding steroid dienone is 2. The Labute approximate surface area is 147 Å². The van der Waals surface area contributed by atoms with E-state index in [0.29, 0.717) is 16.1 Å². The van der Waals surface area contributed by atoms with Crippen molar-refractivity contribution in [3.05, 3.63) is 82.9 Å². The van der Waals surface area contributed by atoms with Crippen LogP contribution in [-0.4, -0.2) is 4.31 Å². The molecule has 0 aliphatic heterocycles. The van der Waals surface area contributed by atoms with Gasteiger partial charge in [-0.3, -0.25) is 0 Å². The molecule has 2 heteroatoms. The van der Waals surface area contributed by atoms with E-state index < -0.39 is 16.3 Å². The molecule has 2 aromatic rings. The molecule has 2 aromatic carbocycles. The second-order valence-corrected chi connectivity index (χ2v) is 11.2. The third kappa shape index (κ3) is 2.64. The van der Waals surface area contributed by atoms with E-state index in [9.17, 15) is 0 Å². The van der Waals surface area contributed by atoms with E-state index in [1.807, 2.05) is 0 Å². The molecule has 23 heavy (non-hydrogen) atoms. The number of fused-ring (bicyclic) bond motifs is 2. The van der Waals surface area contributed by atoms with E-state index in [4.69, 9.17) is 9.30 Å². The van der Waals surface area contributed by atoms with Crippen LogP contribution < -0.4 is 0 Å². The molecule has 4 rings (SSSR count). The molecule has 0 fully saturated rings. The first-order chi connectivity index (χ1) is 11.3. The minimum atomic E-state index is -1.78. The van der Waals surface area contributed by atoms with Crippen molar-refractivity contribution in [3.8, 4) is 0 Å². The van der Waals surface area contributed by atoms with Crippen LogP contribution in [0.25, 0.3) is 12.2 Å². The Bertz CT molecular complexity index is 770. The van der Waals surface area contributed by atoms with Crippen molar-refractivity contribution in [2.75, 3.05) is 0 Å². The molecular weight excluding hydrogens is 336 g/mol. The molecule has 2 atom stereocenters. The van der Waals surface area contributed by atoms with Gasteiger partial charge in [0.05, 0.1) is 0 Å². The molecule has 0 N–H and O–H groups in total. The SMILES string of the molecule is C[CH]=[Ti]([Cl])[CH](C1C=Cc2ccccc21)C1C=Cc2ccccc21. The summed E-state index contributed by atoms with van der Waals surface area (Å²) in [7, 11) is 6.97. The summed E-state index contributed by atoms with van der Waals surface area (Å²) in [5, 5.41) is 0. The van der Waals surface area contributed by atoms with Crippen molar-refractivity contribution in [3.63, 3.8) is 0 Å². The van der Waals surface area contributed by atoms with Crippen molar-refractivity contribution < 1.29 is 16.3 Å². The van der Waals surface area contributed by atoms with Gasteiger partial charge in [-0.25, -0.2) is 0 Å². The Morgan fingerprint density at radius 3 is 1.83 bits per heavy atom. The second kappa shape index (κ2) is 6.36. The molecule has 0 radical (unpaired) electrons. The summed E-state index contributed by atoms with van der Waals surface area (Å²) < 4.78 is 2.80. The van der Waals surface area contributed by atoms with Gasteiger partial charge in [0, 0.05) is 0 Å². The second-order valence-electron chi connectivity index (χ2n) is 6.23. The summed E-state index contributed by atoms with van der Waals surface area (Å²) in [5.41, 5.74) is 5.61. The first-order valence-corrected chi connectivity index (χ1v) is 12.1. The average molecular weight is 355 g/mol. The van der Waals surface area contributed by atoms with Gasteiger partial charge in [-0.2, -0.15) is 0 Å². The predicted molar refractivity (Wildman–Crippen MR) is 97.8 cm³/mol. The predicted octanol–water partition coefficient (Wildman–Crippen LogP) is 5.99. The van der Waals surface area contributed by atoms with Crippen LogP contribution in [0.1, 0.15) is 41.0 Å². The van der Waals surface area contributed by atoms with E-state index in [1.54, 1.807) is 0 Å². The summed E-state index contributed by atoms with van der Waals surface area (Å²) in [6.45, 7) is 2.14. The first kappa shape index (κ1) is 15.3. The van der Waals surface area contributed by atoms with Gasteiger partial charge >= 0.3 is 148 Å². The van der Waals surface area contributed by atoms with Crippen molar-refractivity contribution in [2.45, 2.75) is 23.0 Å². The average Bonchev–Trinajstić information content (AvgIpc) is 3.20. The molecule has 0 nitrogen and oxygen atoms in total. The molecule has 2 unspecified atom stereocenters. The van der Waals surface area contributed by atoms with Crippen LogP contribution in [-0.2, 0) is 16.3 Å². The van der Waals surface area contributed by atoms with E-state index >= 15 is 0 Å². The molecule has 114 valence electrons. The van der Waals surface area contributed by atoms with Gasteiger partial charge < -0.3 is 0 Å². The number of halogens is 1. The normalized spacial score (nSPS) is 23.0. The Hall–Kier alpha value is -1.21. The molecule has 2 aliphatic carbocycles. The van der Waals surface area contributed by atoms with Gasteiger partial charge in [0.25, 0.3) is 0 Å². The molecule has 0 spiro atoms. The van der Waals surface area contributed by atoms with Crippen LogP contribution >= 0.6 is 9.30 Å². The third-order valence-electron chi connectivity index (χ3n) is 5.04. The number of hydrogen-bond acceptors (Lipinski definition) is 0. The Morgan fingerprint density at radius 1 is 0.870 bits per heavy atom. The summed E-state index contributed by atoms with van der Waals surface area (Å²) >= 11 is -1.78. The fourth-order valence-corrected chi connectivity index (χ4v) is 7.64. The van der Waals surface area contributed by atoms with Gasteiger partial charge in [-0.1, -0.05) is 0 Å². The van der Waals surface area contributed by atoms with Crippen LogP contribution in [0.5, 0.6) is 0 Å². The quantitative estimate of drug-likeness (QED) is 0.594. The number of benzene rings is 2. The van der Waals surface area contributed by atoms with Gasteiger partial charge in [0.15, 0.2) is 0 Å². The molecule has 0 aromatic heterocycles. The van der Waals surface area contributed by atoms with Crippen LogP contribution in [0.15, 0.2) is 60.7 Å². The summed E-state index contributed by atoms with van der Waals surface area (Å²) in [6.07, 6.45) is 9.30. The third-order valence-corrected chi connectivity index (χ3v) is 9.96. The molecule has 0 heterocycles. The van der Waals surface area contributed by atoms with Crippen LogP contribution in [0, 0.1) is 0 Å². The summed E-state index contributed by atoms with van der Waals surface area (Å²) in [5.74, 6) is 0.881. The molecule has 2 aliphatic rings. The van der Waals surface area contributed by atoms with E-state index in [-0.39, 0.29) is 0 Å². The van der Waals surface area contributed by atoms with Crippen LogP contribution in [0.2, 0.25) is 4.22 Å². The van der Waals surface area contributed by atoms with E-state index in [0.717, 1.165) is 0 Å². The monoisotopic (exact) mass is 354 g/mol. The van der Waals surface area contributed by atoms with E-state index in [2.05, 4.69) is 84.1 Å². The van der Waals surface area contributed by atoms with Crippen LogP contribution in [0.4, 0.5) is 0 Å². The fraction of sp³-hybridized carbons (Fsp3) is 0.190. The summed E-state index contributed by atoms with van der Waals surface area (Å²) in [6, 6.07) is 17.5. The Balaban J connectivity index is 1.80. The standard InChI is InChI=1S/C19H15.C2H4.ClH.Ti/c1-3-7-18-14(5-1)9-11-16(18)13-17-12-10-15-6-2-4-8-19(15)17;1-2;;/h1-13,16-17H;1H,2H3;1H;/q;;;+1/p-1. The molecule has 0 saturated heterocycles. The topological polar surface area (TPSA) is 0 Å². The van der Waals surface area contributed by atoms with Gasteiger partial charge in [0.2, 0.25) is 0 Å². The maximum absolute atomic E-state index is 6.97. The Morgan fingerprint density at radius 2 is 1.35 bits per heavy atom. The van der Waals surface area contributed by atoms with Gasteiger partial charge in [-0.05, 0) is 0 Å². The summed E-state index contributed by atoms with van der Waals surface area (Å²) in [4.78, 5) is 0. The van der Waals surface area contributed by atoms with Gasteiger partial charge in [-0.15, -0.1) is 0 Å². The first-order valence-electron chi connectivity index (χ1n) is 8.15. The zero-order chi connectivity index (χ0) is 15.8. The molecule has 0 saturated carbocycles. The number of rotatable bonds is 3. The van der Waals surface area contributed by atoms with E-state index in [1.165, 1.54) is 22.3 Å². The zero-order valence-electron chi connectivity index (χ0n) is 13.1. The van der Waals surface area contributed by atoms with Gasteiger partial charge in [0.1, 0.15) is 0 Å². The van der Waals surface area contributed by atoms with Crippen molar-refractivity contribution >= 4 is 25.8 Å². The van der Waals surface area contributed by atoms with Crippen molar-refractivity contribution in [1.82, 2.24) is 0 Å². The molecular formula is C21H19ClTi. The fourth-order valence-electron chi connectivity index (χ4n) is 3.94. The Kier molecular flexibility index (Phi) is 4.24. The molecule has 0 bridgehead atoms. The zero-order valence-corrected chi connectivity index (χ0v) is 15.4. The van der Waals surface area contributed by atoms with Crippen molar-refractivity contribution in [1.29, 1.82) is 0 Å². The van der Waals surface area contributed by atoms with Crippen LogP contribution in [0.3, 0.4) is 0 Å². The molecule has 0 amide bonds. The minimum absolute atomic E-state index is 0.440. The maximum atomic E-state index is 6.97. The number of hydrogen-bond donors (Lipinski definition) is 0. The van der Waals surface area contributed by atoms with Crippen molar-refractivity contribution in [2.24, 2.45) is 0 Å².